The van der Waals surface area contributed by atoms with Crippen LogP contribution in [0.5, 0.6) is 0 Å². The van der Waals surface area contributed by atoms with E-state index in [0.717, 1.165) is 0 Å². The highest BCUT2D eigenvalue weighted by Gasteiger charge is 2.29. The summed E-state index contributed by atoms with van der Waals surface area (Å²) in [6, 6.07) is -0.589. The molecule has 0 aromatic carbocycles. The summed E-state index contributed by atoms with van der Waals surface area (Å²) in [5.74, 6) is -0.628. The van der Waals surface area contributed by atoms with Crippen LogP contribution in [0.3, 0.4) is 0 Å². The molecule has 0 saturated carbocycles. The fourth-order valence-electron chi connectivity index (χ4n) is 1.07. The molecule has 0 bridgehead atoms. The average molecular weight is 241 g/mol. The molecule has 0 aliphatic carbocycles. The van der Waals surface area contributed by atoms with Crippen LogP contribution in [0.25, 0.3) is 0 Å². The van der Waals surface area contributed by atoms with Crippen molar-refractivity contribution in [3.63, 3.8) is 0 Å². The molecular weight excluding hydrogens is 223 g/mol. The van der Waals surface area contributed by atoms with Crippen molar-refractivity contribution in [1.82, 2.24) is 10.2 Å². The number of hydrogen-bond acceptors (Lipinski definition) is 3. The van der Waals surface area contributed by atoms with Crippen molar-refractivity contribution in [1.29, 1.82) is 0 Å². The molecule has 16 heavy (non-hydrogen) atoms. The van der Waals surface area contributed by atoms with E-state index in [4.69, 9.17) is 5.73 Å². The highest BCUT2D eigenvalue weighted by molar-refractivity contribution is 5.81. The second kappa shape index (κ2) is 6.70. The van der Waals surface area contributed by atoms with Gasteiger partial charge < -0.3 is 11.1 Å². The van der Waals surface area contributed by atoms with E-state index >= 15 is 0 Å². The molecule has 96 valence electrons. The lowest BCUT2D eigenvalue weighted by molar-refractivity contribution is -0.141. The monoisotopic (exact) mass is 241 g/mol. The van der Waals surface area contributed by atoms with E-state index in [2.05, 4.69) is 0 Å². The van der Waals surface area contributed by atoms with Crippen molar-refractivity contribution in [2.45, 2.75) is 25.6 Å². The standard InChI is InChI=1S/C9H18F3N3O/c1-7(15(2)5-3-4-13)8(16)14-6-9(10,11)12/h7H,3-6,13H2,1-2H3,(H,14,16). The third-order valence-corrected chi connectivity index (χ3v) is 2.22. The number of rotatable bonds is 6. The Morgan fingerprint density at radius 1 is 1.50 bits per heavy atom. The van der Waals surface area contributed by atoms with Gasteiger partial charge in [0.1, 0.15) is 6.54 Å². The number of amides is 1. The lowest BCUT2D eigenvalue weighted by Gasteiger charge is -2.23. The molecule has 3 N–H and O–H groups in total. The molecular formula is C9H18F3N3O. The molecule has 0 aliphatic heterocycles. The molecule has 0 aromatic rings. The Balaban J connectivity index is 3.98. The largest absolute Gasteiger partial charge is 0.405 e. The number of nitrogens with zero attached hydrogens (tertiary/aromatic N) is 1. The maximum atomic E-state index is 11.8. The van der Waals surface area contributed by atoms with Crippen LogP contribution in [-0.4, -0.2) is 49.7 Å². The van der Waals surface area contributed by atoms with Gasteiger partial charge in [-0.25, -0.2) is 0 Å². The van der Waals surface area contributed by atoms with Crippen molar-refractivity contribution < 1.29 is 18.0 Å². The second-order valence-corrected chi connectivity index (χ2v) is 3.63. The number of nitrogens with one attached hydrogen (secondary N) is 1. The van der Waals surface area contributed by atoms with Gasteiger partial charge in [0.15, 0.2) is 0 Å². The van der Waals surface area contributed by atoms with E-state index in [0.29, 0.717) is 19.5 Å². The first kappa shape index (κ1) is 15.2. The lowest BCUT2D eigenvalue weighted by Crippen LogP contribution is -2.46. The third kappa shape index (κ3) is 6.62. The first-order valence-electron chi connectivity index (χ1n) is 5.02. The summed E-state index contributed by atoms with van der Waals surface area (Å²) in [4.78, 5) is 13.0. The van der Waals surface area contributed by atoms with Gasteiger partial charge in [-0.1, -0.05) is 0 Å². The number of hydrogen-bond donors (Lipinski definition) is 2. The fourth-order valence-corrected chi connectivity index (χ4v) is 1.07. The van der Waals surface area contributed by atoms with Gasteiger partial charge in [-0.05, 0) is 33.5 Å². The minimum Gasteiger partial charge on any atom is -0.346 e. The van der Waals surface area contributed by atoms with Gasteiger partial charge in [0.25, 0.3) is 0 Å². The maximum absolute atomic E-state index is 11.8. The van der Waals surface area contributed by atoms with Crippen molar-refractivity contribution in [3.05, 3.63) is 0 Å². The van der Waals surface area contributed by atoms with Crippen molar-refractivity contribution >= 4 is 5.91 Å². The topological polar surface area (TPSA) is 58.4 Å². The van der Waals surface area contributed by atoms with Crippen LogP contribution in [-0.2, 0) is 4.79 Å². The number of likely N-dealkylation sites (N-methyl/N-ethyl adjacent to an activating group) is 1. The van der Waals surface area contributed by atoms with Gasteiger partial charge >= 0.3 is 6.18 Å². The van der Waals surface area contributed by atoms with Crippen LogP contribution in [0.2, 0.25) is 0 Å². The number of alkyl halides is 3. The SMILES string of the molecule is CC(C(=O)NCC(F)(F)F)N(C)CCCN. The number of carbonyl (C=O) groups excluding carboxylic acids is 1. The Kier molecular flexibility index (Phi) is 6.35. The Morgan fingerprint density at radius 3 is 2.50 bits per heavy atom. The molecule has 1 unspecified atom stereocenters. The van der Waals surface area contributed by atoms with Crippen LogP contribution < -0.4 is 11.1 Å². The summed E-state index contributed by atoms with van der Waals surface area (Å²) in [7, 11) is 1.67. The second-order valence-electron chi connectivity index (χ2n) is 3.63. The molecule has 0 heterocycles. The van der Waals surface area contributed by atoms with Crippen LogP contribution in [0.1, 0.15) is 13.3 Å². The molecule has 1 amide bonds. The molecule has 0 rings (SSSR count). The summed E-state index contributed by atoms with van der Waals surface area (Å²) < 4.78 is 35.5. The predicted molar refractivity (Wildman–Crippen MR) is 54.8 cm³/mol. The van der Waals surface area contributed by atoms with Gasteiger partial charge in [0, 0.05) is 0 Å². The molecule has 0 fully saturated rings. The molecule has 7 heteroatoms. The quantitative estimate of drug-likeness (QED) is 0.704. The van der Waals surface area contributed by atoms with Crippen LogP contribution in [0.4, 0.5) is 13.2 Å². The maximum Gasteiger partial charge on any atom is 0.405 e. The Morgan fingerprint density at radius 2 is 2.06 bits per heavy atom. The zero-order chi connectivity index (χ0) is 12.8. The molecule has 0 saturated heterocycles. The molecule has 0 radical (unpaired) electrons. The smallest absolute Gasteiger partial charge is 0.346 e. The zero-order valence-electron chi connectivity index (χ0n) is 9.47. The van der Waals surface area contributed by atoms with E-state index in [1.165, 1.54) is 0 Å². The third-order valence-electron chi connectivity index (χ3n) is 2.22. The molecule has 0 aliphatic rings. The first-order chi connectivity index (χ1) is 7.28. The highest BCUT2D eigenvalue weighted by atomic mass is 19.4. The normalized spacial score (nSPS) is 13.9. The van der Waals surface area contributed by atoms with E-state index in [9.17, 15) is 18.0 Å². The fraction of sp³-hybridized carbons (Fsp3) is 0.889. The number of halogens is 3. The van der Waals surface area contributed by atoms with E-state index in [1.807, 2.05) is 5.32 Å². The van der Waals surface area contributed by atoms with Gasteiger partial charge in [-0.3, -0.25) is 9.69 Å². The van der Waals surface area contributed by atoms with Gasteiger partial charge in [0.05, 0.1) is 6.04 Å². The van der Waals surface area contributed by atoms with Crippen LogP contribution >= 0.6 is 0 Å². The van der Waals surface area contributed by atoms with Crippen molar-refractivity contribution in [2.75, 3.05) is 26.7 Å². The predicted octanol–water partition coefficient (Wildman–Crippen LogP) is 0.334. The van der Waals surface area contributed by atoms with Gasteiger partial charge in [-0.2, -0.15) is 13.2 Å². The van der Waals surface area contributed by atoms with Gasteiger partial charge in [0.2, 0.25) is 5.91 Å². The minimum atomic E-state index is -4.37. The summed E-state index contributed by atoms with van der Waals surface area (Å²) >= 11 is 0. The number of carbonyl (C=O) groups is 1. The molecule has 0 spiro atoms. The van der Waals surface area contributed by atoms with E-state index in [1.54, 1.807) is 18.9 Å². The summed E-state index contributed by atoms with van der Waals surface area (Å²) in [5.41, 5.74) is 5.29. The van der Waals surface area contributed by atoms with Crippen LogP contribution in [0, 0.1) is 0 Å². The molecule has 1 atom stereocenters. The Labute approximate surface area is 93.0 Å². The van der Waals surface area contributed by atoms with E-state index < -0.39 is 24.7 Å². The highest BCUT2D eigenvalue weighted by Crippen LogP contribution is 2.12. The van der Waals surface area contributed by atoms with Crippen LogP contribution in [0.15, 0.2) is 0 Å². The first-order valence-corrected chi connectivity index (χ1v) is 5.02. The van der Waals surface area contributed by atoms with Crippen molar-refractivity contribution in [2.24, 2.45) is 5.73 Å². The zero-order valence-corrected chi connectivity index (χ0v) is 9.47. The summed E-state index contributed by atoms with van der Waals surface area (Å²) in [5, 5.41) is 1.84. The van der Waals surface area contributed by atoms with Gasteiger partial charge in [-0.15, -0.1) is 0 Å². The average Bonchev–Trinajstić information content (AvgIpc) is 2.20. The lowest BCUT2D eigenvalue weighted by atomic mass is 10.2. The van der Waals surface area contributed by atoms with E-state index in [-0.39, 0.29) is 0 Å². The Bertz CT molecular complexity index is 221. The minimum absolute atomic E-state index is 0.487. The summed E-state index contributed by atoms with van der Waals surface area (Å²) in [6.45, 7) is 1.33. The summed E-state index contributed by atoms with van der Waals surface area (Å²) in [6.07, 6.45) is -3.67. The number of nitrogens with two attached hydrogens (primary N) is 1. The Hall–Kier alpha value is -0.820. The molecule has 0 aromatic heterocycles. The van der Waals surface area contributed by atoms with Crippen molar-refractivity contribution in [3.8, 4) is 0 Å². The molecule has 4 nitrogen and oxygen atoms in total.